The lowest BCUT2D eigenvalue weighted by Gasteiger charge is -2.22. The first-order valence-electron chi connectivity index (χ1n) is 4.04. The van der Waals surface area contributed by atoms with Crippen LogP contribution in [0.2, 0.25) is 0 Å². The van der Waals surface area contributed by atoms with Crippen molar-refractivity contribution in [1.29, 1.82) is 0 Å². The lowest BCUT2D eigenvalue weighted by atomic mass is 10.2. The summed E-state index contributed by atoms with van der Waals surface area (Å²) in [5, 5.41) is 1.02. The Kier molecular flexibility index (Phi) is 3.34. The molecule has 0 amide bonds. The molecule has 0 spiro atoms. The minimum Gasteiger partial charge on any atom is -0.348 e. The summed E-state index contributed by atoms with van der Waals surface area (Å²) < 4.78 is 11.1. The Hall–Kier alpha value is 0.400. The average Bonchev–Trinajstić information content (AvgIpc) is 2.28. The zero-order chi connectivity index (χ0) is 8.32. The van der Waals surface area contributed by atoms with E-state index >= 15 is 0 Å². The summed E-state index contributed by atoms with van der Waals surface area (Å²) in [6.07, 6.45) is 2.33. The van der Waals surface area contributed by atoms with Crippen LogP contribution in [0.4, 0.5) is 0 Å². The smallest absolute Gasteiger partial charge is 0.166 e. The van der Waals surface area contributed by atoms with E-state index in [-0.39, 0.29) is 11.9 Å². The maximum absolute atomic E-state index is 5.61. The molecule has 0 bridgehead atoms. The normalized spacial score (nSPS) is 37.9. The van der Waals surface area contributed by atoms with Crippen LogP contribution in [0.25, 0.3) is 0 Å². The summed E-state index contributed by atoms with van der Waals surface area (Å²) in [5.74, 6) is -0.312. The minimum absolute atomic E-state index is 0.260. The number of ether oxygens (including phenoxy) is 2. The topological polar surface area (TPSA) is 18.5 Å². The molecule has 2 unspecified atom stereocenters. The van der Waals surface area contributed by atoms with Gasteiger partial charge in [-0.3, -0.25) is 0 Å². The van der Waals surface area contributed by atoms with Gasteiger partial charge in [0, 0.05) is 11.8 Å². The predicted octanol–water partition coefficient (Wildman–Crippen LogP) is 2.31. The second-order valence-electron chi connectivity index (χ2n) is 3.17. The van der Waals surface area contributed by atoms with Gasteiger partial charge in [-0.1, -0.05) is 15.9 Å². The third-order valence-corrected chi connectivity index (χ3v) is 2.40. The van der Waals surface area contributed by atoms with Crippen molar-refractivity contribution in [2.75, 3.05) is 11.9 Å². The van der Waals surface area contributed by atoms with Gasteiger partial charge in [0.15, 0.2) is 5.79 Å². The van der Waals surface area contributed by atoms with Gasteiger partial charge in [-0.05, 0) is 20.3 Å². The highest BCUT2D eigenvalue weighted by atomic mass is 79.9. The van der Waals surface area contributed by atoms with Crippen LogP contribution in [0.3, 0.4) is 0 Å². The van der Waals surface area contributed by atoms with Crippen molar-refractivity contribution in [3.8, 4) is 0 Å². The number of halogens is 1. The first-order valence-corrected chi connectivity index (χ1v) is 5.16. The fraction of sp³-hybridized carbons (Fsp3) is 1.00. The standard InChI is InChI=1S/C8H15BrO2/c1-7-6-10-8(2,11-7)4-3-5-9/h7H,3-6H2,1-2H3. The Balaban J connectivity index is 2.29. The largest absolute Gasteiger partial charge is 0.348 e. The Morgan fingerprint density at radius 2 is 2.36 bits per heavy atom. The lowest BCUT2D eigenvalue weighted by molar-refractivity contribution is -0.156. The molecule has 0 N–H and O–H groups in total. The van der Waals surface area contributed by atoms with Crippen LogP contribution in [0, 0.1) is 0 Å². The van der Waals surface area contributed by atoms with Gasteiger partial charge in [0.2, 0.25) is 0 Å². The van der Waals surface area contributed by atoms with E-state index in [0.717, 1.165) is 24.8 Å². The van der Waals surface area contributed by atoms with E-state index in [1.165, 1.54) is 0 Å². The summed E-state index contributed by atoms with van der Waals surface area (Å²) >= 11 is 3.38. The van der Waals surface area contributed by atoms with Crippen LogP contribution in [-0.4, -0.2) is 23.8 Å². The van der Waals surface area contributed by atoms with Crippen LogP contribution in [0.5, 0.6) is 0 Å². The van der Waals surface area contributed by atoms with Gasteiger partial charge in [-0.2, -0.15) is 0 Å². The molecule has 0 aromatic rings. The first-order chi connectivity index (χ1) is 5.16. The van der Waals surface area contributed by atoms with E-state index in [0.29, 0.717) is 0 Å². The van der Waals surface area contributed by atoms with Gasteiger partial charge in [-0.15, -0.1) is 0 Å². The zero-order valence-electron chi connectivity index (χ0n) is 7.10. The summed E-state index contributed by atoms with van der Waals surface area (Å²) in [5.41, 5.74) is 0. The Labute approximate surface area is 76.4 Å². The molecule has 1 aliphatic heterocycles. The third kappa shape index (κ3) is 2.73. The van der Waals surface area contributed by atoms with Crippen molar-refractivity contribution in [3.63, 3.8) is 0 Å². The summed E-state index contributed by atoms with van der Waals surface area (Å²) in [4.78, 5) is 0. The molecule has 0 saturated carbocycles. The highest BCUT2D eigenvalue weighted by Gasteiger charge is 2.34. The van der Waals surface area contributed by atoms with Crippen molar-refractivity contribution in [2.45, 2.75) is 38.6 Å². The molecule has 0 aromatic heterocycles. The quantitative estimate of drug-likeness (QED) is 0.683. The fourth-order valence-corrected chi connectivity index (χ4v) is 1.59. The minimum atomic E-state index is -0.312. The first kappa shape index (κ1) is 9.49. The number of alkyl halides is 1. The number of hydrogen-bond donors (Lipinski definition) is 0. The van der Waals surface area contributed by atoms with Crippen molar-refractivity contribution >= 4 is 15.9 Å². The molecule has 1 rings (SSSR count). The molecule has 0 radical (unpaired) electrons. The molecule has 1 saturated heterocycles. The Bertz CT molecular complexity index is 129. The van der Waals surface area contributed by atoms with Crippen molar-refractivity contribution < 1.29 is 9.47 Å². The molecule has 0 aliphatic carbocycles. The van der Waals surface area contributed by atoms with Crippen molar-refractivity contribution in [3.05, 3.63) is 0 Å². The van der Waals surface area contributed by atoms with Gasteiger partial charge in [0.05, 0.1) is 12.7 Å². The highest BCUT2D eigenvalue weighted by molar-refractivity contribution is 9.09. The molecule has 3 heteroatoms. The van der Waals surface area contributed by atoms with E-state index in [9.17, 15) is 0 Å². The Morgan fingerprint density at radius 3 is 2.82 bits per heavy atom. The molecular weight excluding hydrogens is 208 g/mol. The van der Waals surface area contributed by atoms with E-state index in [1.807, 2.05) is 13.8 Å². The third-order valence-electron chi connectivity index (χ3n) is 1.84. The molecule has 2 nitrogen and oxygen atoms in total. The van der Waals surface area contributed by atoms with E-state index < -0.39 is 0 Å². The monoisotopic (exact) mass is 222 g/mol. The molecule has 11 heavy (non-hydrogen) atoms. The Morgan fingerprint density at radius 1 is 1.64 bits per heavy atom. The molecule has 66 valence electrons. The predicted molar refractivity (Wildman–Crippen MR) is 47.9 cm³/mol. The molecule has 0 aromatic carbocycles. The van der Waals surface area contributed by atoms with Gasteiger partial charge < -0.3 is 9.47 Å². The van der Waals surface area contributed by atoms with Crippen molar-refractivity contribution in [2.24, 2.45) is 0 Å². The molecular formula is C8H15BrO2. The number of rotatable bonds is 3. The van der Waals surface area contributed by atoms with Crippen LogP contribution >= 0.6 is 15.9 Å². The van der Waals surface area contributed by atoms with E-state index in [1.54, 1.807) is 0 Å². The van der Waals surface area contributed by atoms with Crippen LogP contribution in [0.15, 0.2) is 0 Å². The van der Waals surface area contributed by atoms with E-state index in [2.05, 4.69) is 15.9 Å². The van der Waals surface area contributed by atoms with Gasteiger partial charge in [0.25, 0.3) is 0 Å². The van der Waals surface area contributed by atoms with E-state index in [4.69, 9.17) is 9.47 Å². The average molecular weight is 223 g/mol. The van der Waals surface area contributed by atoms with Gasteiger partial charge in [0.1, 0.15) is 0 Å². The second kappa shape index (κ2) is 3.87. The summed E-state index contributed by atoms with van der Waals surface area (Å²) in [6.45, 7) is 4.79. The SMILES string of the molecule is CC1COC(C)(CCCBr)O1. The second-order valence-corrected chi connectivity index (χ2v) is 3.96. The summed E-state index contributed by atoms with van der Waals surface area (Å²) in [7, 11) is 0. The highest BCUT2D eigenvalue weighted by Crippen LogP contribution is 2.27. The van der Waals surface area contributed by atoms with Crippen molar-refractivity contribution in [1.82, 2.24) is 0 Å². The van der Waals surface area contributed by atoms with Crippen LogP contribution < -0.4 is 0 Å². The molecule has 1 aliphatic rings. The summed E-state index contributed by atoms with van der Waals surface area (Å²) in [6, 6.07) is 0. The van der Waals surface area contributed by atoms with Gasteiger partial charge in [-0.25, -0.2) is 0 Å². The lowest BCUT2D eigenvalue weighted by Crippen LogP contribution is -2.26. The van der Waals surface area contributed by atoms with Crippen LogP contribution in [0.1, 0.15) is 26.7 Å². The molecule has 2 atom stereocenters. The number of hydrogen-bond acceptors (Lipinski definition) is 2. The fourth-order valence-electron chi connectivity index (χ4n) is 1.31. The zero-order valence-corrected chi connectivity index (χ0v) is 8.69. The van der Waals surface area contributed by atoms with Gasteiger partial charge >= 0.3 is 0 Å². The maximum Gasteiger partial charge on any atom is 0.166 e. The molecule has 1 fully saturated rings. The molecule has 1 heterocycles. The maximum atomic E-state index is 5.61. The van der Waals surface area contributed by atoms with Crippen LogP contribution in [-0.2, 0) is 9.47 Å².